The molecule has 1 heterocycles. The first-order valence-corrected chi connectivity index (χ1v) is 6.10. The Morgan fingerprint density at radius 1 is 1.42 bits per heavy atom. The molecule has 0 spiro atoms. The molecule has 1 aromatic rings. The number of hydrogen-bond donors (Lipinski definition) is 2. The van der Waals surface area contributed by atoms with Crippen LogP contribution in [0.3, 0.4) is 0 Å². The van der Waals surface area contributed by atoms with Crippen LogP contribution in [-0.4, -0.2) is 29.1 Å². The van der Waals surface area contributed by atoms with Gasteiger partial charge in [-0.25, -0.2) is 0 Å². The fourth-order valence-electron chi connectivity index (χ4n) is 1.24. The van der Waals surface area contributed by atoms with Crippen LogP contribution in [0.4, 0.5) is 0 Å². The molecule has 0 aliphatic heterocycles. The van der Waals surface area contributed by atoms with E-state index in [0.29, 0.717) is 24.2 Å². The van der Waals surface area contributed by atoms with Gasteiger partial charge in [0.2, 0.25) is 11.8 Å². The maximum atomic E-state index is 11.7. The summed E-state index contributed by atoms with van der Waals surface area (Å²) >= 11 is 0. The van der Waals surface area contributed by atoms with Crippen LogP contribution in [0.1, 0.15) is 39.4 Å². The van der Waals surface area contributed by atoms with Crippen LogP contribution >= 0.6 is 12.4 Å². The second kappa shape index (κ2) is 7.45. The van der Waals surface area contributed by atoms with Crippen molar-refractivity contribution in [1.82, 2.24) is 20.8 Å². The molecule has 0 saturated heterocycles. The van der Waals surface area contributed by atoms with Gasteiger partial charge in [-0.1, -0.05) is 25.9 Å². The van der Waals surface area contributed by atoms with Gasteiger partial charge >= 0.3 is 0 Å². The molecule has 0 aromatic carbocycles. The zero-order valence-corrected chi connectivity index (χ0v) is 12.9. The highest BCUT2D eigenvalue weighted by atomic mass is 35.5. The average Bonchev–Trinajstić information content (AvgIpc) is 2.72. The molecule has 110 valence electrons. The third-order valence-corrected chi connectivity index (χ3v) is 2.57. The van der Waals surface area contributed by atoms with Crippen LogP contribution in [0.25, 0.3) is 0 Å². The summed E-state index contributed by atoms with van der Waals surface area (Å²) in [4.78, 5) is 15.9. The maximum absolute atomic E-state index is 11.7. The van der Waals surface area contributed by atoms with Gasteiger partial charge in [-0.2, -0.15) is 4.98 Å². The summed E-state index contributed by atoms with van der Waals surface area (Å²) in [7, 11) is 1.88. The molecule has 7 heteroatoms. The van der Waals surface area contributed by atoms with E-state index in [9.17, 15) is 4.79 Å². The molecule has 0 aliphatic rings. The van der Waals surface area contributed by atoms with Gasteiger partial charge in [0.05, 0.1) is 6.54 Å². The SMILES string of the molecule is CNC(C)Cc1noc(CNC(=O)C(C)(C)C)n1.Cl. The lowest BCUT2D eigenvalue weighted by Crippen LogP contribution is -2.34. The molecule has 0 aliphatic carbocycles. The van der Waals surface area contributed by atoms with Crippen molar-refractivity contribution in [3.63, 3.8) is 0 Å². The Kier molecular flexibility index (Phi) is 7.00. The van der Waals surface area contributed by atoms with Crippen molar-refractivity contribution in [3.05, 3.63) is 11.7 Å². The molecule has 0 saturated carbocycles. The van der Waals surface area contributed by atoms with Crippen LogP contribution < -0.4 is 10.6 Å². The molecule has 2 N–H and O–H groups in total. The third kappa shape index (κ3) is 6.02. The van der Waals surface area contributed by atoms with Gasteiger partial charge in [-0.3, -0.25) is 4.79 Å². The van der Waals surface area contributed by atoms with E-state index in [2.05, 4.69) is 20.8 Å². The van der Waals surface area contributed by atoms with E-state index in [0.717, 1.165) is 0 Å². The number of likely N-dealkylation sites (N-methyl/N-ethyl adjacent to an activating group) is 1. The molecule has 0 fully saturated rings. The Hall–Kier alpha value is -1.14. The molecule has 1 atom stereocenters. The second-order valence-electron chi connectivity index (χ2n) is 5.43. The summed E-state index contributed by atoms with van der Waals surface area (Å²) in [6.45, 7) is 7.89. The monoisotopic (exact) mass is 290 g/mol. The molecule has 1 aromatic heterocycles. The third-order valence-electron chi connectivity index (χ3n) is 2.57. The van der Waals surface area contributed by atoms with E-state index in [-0.39, 0.29) is 24.9 Å². The minimum atomic E-state index is -0.413. The van der Waals surface area contributed by atoms with E-state index < -0.39 is 5.41 Å². The molecule has 0 radical (unpaired) electrons. The molecule has 1 rings (SSSR count). The number of halogens is 1. The minimum Gasteiger partial charge on any atom is -0.347 e. The first kappa shape index (κ1) is 17.9. The van der Waals surface area contributed by atoms with E-state index in [1.54, 1.807) is 0 Å². The van der Waals surface area contributed by atoms with Gasteiger partial charge < -0.3 is 15.2 Å². The topological polar surface area (TPSA) is 80.0 Å². The van der Waals surface area contributed by atoms with Gasteiger partial charge in [0, 0.05) is 17.9 Å². The van der Waals surface area contributed by atoms with E-state index >= 15 is 0 Å². The van der Waals surface area contributed by atoms with Gasteiger partial charge in [0.1, 0.15) is 0 Å². The predicted molar refractivity (Wildman–Crippen MR) is 75.1 cm³/mol. The summed E-state index contributed by atoms with van der Waals surface area (Å²) in [6.07, 6.45) is 0.702. The largest absolute Gasteiger partial charge is 0.347 e. The lowest BCUT2D eigenvalue weighted by Gasteiger charge is -2.16. The normalized spacial score (nSPS) is 12.7. The number of carbonyl (C=O) groups excluding carboxylic acids is 1. The standard InChI is InChI=1S/C12H22N4O2.ClH/c1-8(13-5)6-9-15-10(18-16-9)7-14-11(17)12(2,3)4;/h8,13H,6-7H2,1-5H3,(H,14,17);1H. The Morgan fingerprint density at radius 2 is 2.05 bits per heavy atom. The Labute approximate surface area is 120 Å². The quantitative estimate of drug-likeness (QED) is 0.854. The predicted octanol–water partition coefficient (Wildman–Crippen LogP) is 1.30. The summed E-state index contributed by atoms with van der Waals surface area (Å²) in [6, 6.07) is 0.291. The Morgan fingerprint density at radius 3 is 2.58 bits per heavy atom. The summed E-state index contributed by atoms with van der Waals surface area (Å²) in [5.74, 6) is 1.05. The maximum Gasteiger partial charge on any atom is 0.246 e. The van der Waals surface area contributed by atoms with Crippen LogP contribution in [-0.2, 0) is 17.8 Å². The number of nitrogens with one attached hydrogen (secondary N) is 2. The second-order valence-corrected chi connectivity index (χ2v) is 5.43. The average molecular weight is 291 g/mol. The highest BCUT2D eigenvalue weighted by Crippen LogP contribution is 2.12. The summed E-state index contributed by atoms with van der Waals surface area (Å²) in [5, 5.41) is 9.74. The first-order chi connectivity index (χ1) is 8.32. The van der Waals surface area contributed by atoms with Gasteiger partial charge in [0.15, 0.2) is 5.82 Å². The van der Waals surface area contributed by atoms with Crippen molar-refractivity contribution < 1.29 is 9.32 Å². The van der Waals surface area contributed by atoms with Crippen LogP contribution in [0.15, 0.2) is 4.52 Å². The van der Waals surface area contributed by atoms with Crippen molar-refractivity contribution in [1.29, 1.82) is 0 Å². The van der Waals surface area contributed by atoms with Crippen LogP contribution in [0.2, 0.25) is 0 Å². The molecular formula is C12H23ClN4O2. The van der Waals surface area contributed by atoms with Crippen LogP contribution in [0.5, 0.6) is 0 Å². The molecule has 1 unspecified atom stereocenters. The smallest absolute Gasteiger partial charge is 0.246 e. The molecular weight excluding hydrogens is 268 g/mol. The van der Waals surface area contributed by atoms with Crippen molar-refractivity contribution in [2.75, 3.05) is 7.05 Å². The number of hydrogen-bond acceptors (Lipinski definition) is 5. The number of nitrogens with zero attached hydrogens (tertiary/aromatic N) is 2. The molecule has 19 heavy (non-hydrogen) atoms. The summed E-state index contributed by atoms with van der Waals surface area (Å²) in [5.41, 5.74) is -0.413. The first-order valence-electron chi connectivity index (χ1n) is 6.10. The van der Waals surface area contributed by atoms with Crippen molar-refractivity contribution in [2.45, 2.75) is 46.7 Å². The Balaban J connectivity index is 0.00000324. The van der Waals surface area contributed by atoms with Crippen molar-refractivity contribution in [2.24, 2.45) is 5.41 Å². The zero-order chi connectivity index (χ0) is 13.8. The highest BCUT2D eigenvalue weighted by molar-refractivity contribution is 5.85. The van der Waals surface area contributed by atoms with Gasteiger partial charge in [-0.05, 0) is 14.0 Å². The van der Waals surface area contributed by atoms with Crippen molar-refractivity contribution >= 4 is 18.3 Å². The number of carbonyl (C=O) groups is 1. The number of aromatic nitrogens is 2. The van der Waals surface area contributed by atoms with E-state index in [1.165, 1.54) is 0 Å². The van der Waals surface area contributed by atoms with Crippen LogP contribution in [0, 0.1) is 5.41 Å². The minimum absolute atomic E-state index is 0. The van der Waals surface area contributed by atoms with E-state index in [1.807, 2.05) is 34.7 Å². The molecule has 1 amide bonds. The zero-order valence-electron chi connectivity index (χ0n) is 12.1. The summed E-state index contributed by atoms with van der Waals surface area (Å²) < 4.78 is 5.07. The van der Waals surface area contributed by atoms with Gasteiger partial charge in [-0.15, -0.1) is 12.4 Å². The molecule has 6 nitrogen and oxygen atoms in total. The highest BCUT2D eigenvalue weighted by Gasteiger charge is 2.21. The lowest BCUT2D eigenvalue weighted by atomic mass is 9.96. The van der Waals surface area contributed by atoms with Gasteiger partial charge in [0.25, 0.3) is 0 Å². The Bertz CT molecular complexity index is 401. The molecule has 0 bridgehead atoms. The number of rotatable bonds is 5. The van der Waals surface area contributed by atoms with Crippen molar-refractivity contribution in [3.8, 4) is 0 Å². The van der Waals surface area contributed by atoms with E-state index in [4.69, 9.17) is 4.52 Å². The fraction of sp³-hybridized carbons (Fsp3) is 0.750. The fourth-order valence-corrected chi connectivity index (χ4v) is 1.24. The number of amides is 1. The lowest BCUT2D eigenvalue weighted by molar-refractivity contribution is -0.128.